The average Bonchev–Trinajstić information content (AvgIpc) is 2.32. The zero-order valence-electron chi connectivity index (χ0n) is 12.4. The first-order chi connectivity index (χ1) is 8.36. The minimum absolute atomic E-state index is 0.170. The fourth-order valence-corrected chi connectivity index (χ4v) is 2.68. The summed E-state index contributed by atoms with van der Waals surface area (Å²) in [6, 6.07) is 0. The van der Waals surface area contributed by atoms with Crippen molar-refractivity contribution in [3.05, 3.63) is 12.7 Å². The molecular weight excluding hydrogens is 242 g/mol. The highest BCUT2D eigenvalue weighted by molar-refractivity contribution is 7.99. The molecular formula is C14H27N3S. The summed E-state index contributed by atoms with van der Waals surface area (Å²) in [7, 11) is 1.86. The van der Waals surface area contributed by atoms with Crippen LogP contribution in [0.3, 0.4) is 0 Å². The Balaban J connectivity index is 2.42. The Morgan fingerprint density at radius 2 is 2.11 bits per heavy atom. The van der Waals surface area contributed by atoms with Crippen LogP contribution in [0.5, 0.6) is 0 Å². The molecule has 1 aliphatic heterocycles. The highest BCUT2D eigenvalue weighted by Crippen LogP contribution is 2.46. The van der Waals surface area contributed by atoms with Crippen LogP contribution in [0, 0.1) is 5.41 Å². The third-order valence-corrected chi connectivity index (χ3v) is 5.08. The number of thioether (sulfide) groups is 1. The Hall–Kier alpha value is -0.640. The first-order valence-electron chi connectivity index (χ1n) is 6.54. The van der Waals surface area contributed by atoms with E-state index in [1.54, 1.807) is 0 Å². The molecule has 18 heavy (non-hydrogen) atoms. The number of likely N-dealkylation sites (tertiary alicyclic amines) is 1. The third-order valence-electron chi connectivity index (χ3n) is 4.12. The Labute approximate surface area is 116 Å². The molecule has 1 saturated heterocycles. The summed E-state index contributed by atoms with van der Waals surface area (Å²) >= 11 is 1.89. The Bertz CT molecular complexity index is 321. The van der Waals surface area contributed by atoms with Crippen molar-refractivity contribution in [1.82, 2.24) is 10.2 Å². The van der Waals surface area contributed by atoms with E-state index >= 15 is 0 Å². The molecule has 0 atom stereocenters. The zero-order chi connectivity index (χ0) is 13.8. The van der Waals surface area contributed by atoms with Gasteiger partial charge in [0.15, 0.2) is 5.96 Å². The van der Waals surface area contributed by atoms with Crippen molar-refractivity contribution in [2.75, 3.05) is 31.6 Å². The first-order valence-corrected chi connectivity index (χ1v) is 7.69. The maximum Gasteiger partial charge on any atom is 0.194 e. The van der Waals surface area contributed by atoms with Crippen LogP contribution >= 0.6 is 11.8 Å². The van der Waals surface area contributed by atoms with E-state index in [4.69, 9.17) is 0 Å². The number of nitrogens with one attached hydrogen (secondary N) is 1. The van der Waals surface area contributed by atoms with Gasteiger partial charge in [-0.05, 0) is 13.8 Å². The maximum absolute atomic E-state index is 4.39. The van der Waals surface area contributed by atoms with E-state index in [1.807, 2.05) is 24.9 Å². The van der Waals surface area contributed by atoms with Crippen LogP contribution in [0.2, 0.25) is 0 Å². The van der Waals surface area contributed by atoms with Gasteiger partial charge in [0.25, 0.3) is 0 Å². The fourth-order valence-electron chi connectivity index (χ4n) is 2.10. The molecule has 104 valence electrons. The fraction of sp³-hybridized carbons (Fsp3) is 0.786. The first kappa shape index (κ1) is 15.4. The number of hydrogen-bond donors (Lipinski definition) is 1. The molecule has 1 N–H and O–H groups in total. The lowest BCUT2D eigenvalue weighted by Gasteiger charge is -2.62. The number of rotatable bonds is 5. The average molecular weight is 269 g/mol. The maximum atomic E-state index is 4.39. The van der Waals surface area contributed by atoms with E-state index in [0.717, 1.165) is 30.6 Å². The van der Waals surface area contributed by atoms with Crippen LogP contribution in [-0.4, -0.2) is 48.0 Å². The van der Waals surface area contributed by atoms with Gasteiger partial charge in [0.05, 0.1) is 0 Å². The molecule has 0 amide bonds. The van der Waals surface area contributed by atoms with Gasteiger partial charge < -0.3 is 10.2 Å². The highest BCUT2D eigenvalue weighted by Gasteiger charge is 2.53. The van der Waals surface area contributed by atoms with Crippen LogP contribution in [0.1, 0.15) is 27.7 Å². The molecule has 0 unspecified atom stereocenters. The molecule has 1 fully saturated rings. The minimum atomic E-state index is 0.170. The van der Waals surface area contributed by atoms with Gasteiger partial charge in [-0.25, -0.2) is 0 Å². The minimum Gasteiger partial charge on any atom is -0.355 e. The number of nitrogens with zero attached hydrogens (tertiary/aromatic N) is 2. The molecule has 1 rings (SSSR count). The lowest BCUT2D eigenvalue weighted by atomic mass is 9.65. The van der Waals surface area contributed by atoms with Crippen LogP contribution in [-0.2, 0) is 0 Å². The van der Waals surface area contributed by atoms with Gasteiger partial charge in [0.1, 0.15) is 0 Å². The molecule has 3 nitrogen and oxygen atoms in total. The monoisotopic (exact) mass is 269 g/mol. The largest absolute Gasteiger partial charge is 0.355 e. The normalized spacial score (nSPS) is 21.4. The van der Waals surface area contributed by atoms with Crippen molar-refractivity contribution >= 4 is 17.7 Å². The molecule has 0 saturated carbocycles. The van der Waals surface area contributed by atoms with E-state index in [0.29, 0.717) is 5.41 Å². The lowest BCUT2D eigenvalue weighted by molar-refractivity contribution is -0.0666. The second kappa shape index (κ2) is 6.00. The van der Waals surface area contributed by atoms with Crippen molar-refractivity contribution in [3.8, 4) is 0 Å². The van der Waals surface area contributed by atoms with Gasteiger partial charge in [-0.3, -0.25) is 4.99 Å². The summed E-state index contributed by atoms with van der Waals surface area (Å²) in [6.07, 6.45) is 1.94. The number of aliphatic imine (C=N–C) groups is 1. The molecule has 1 aliphatic rings. The van der Waals surface area contributed by atoms with Crippen LogP contribution in [0.25, 0.3) is 0 Å². The van der Waals surface area contributed by atoms with Gasteiger partial charge in [0.2, 0.25) is 0 Å². The van der Waals surface area contributed by atoms with Gasteiger partial charge in [-0.2, -0.15) is 11.8 Å². The molecule has 0 aromatic heterocycles. The topological polar surface area (TPSA) is 27.6 Å². The van der Waals surface area contributed by atoms with Gasteiger partial charge >= 0.3 is 0 Å². The molecule has 4 heteroatoms. The van der Waals surface area contributed by atoms with Gasteiger partial charge in [-0.15, -0.1) is 6.58 Å². The SMILES string of the molecule is C=CCSCCNC(=NC)N1CC(C)(C)C1(C)C. The number of guanidine groups is 1. The zero-order valence-corrected chi connectivity index (χ0v) is 13.2. The molecule has 0 bridgehead atoms. The number of hydrogen-bond acceptors (Lipinski definition) is 2. The van der Waals surface area contributed by atoms with Crippen LogP contribution in [0.4, 0.5) is 0 Å². The van der Waals surface area contributed by atoms with Gasteiger partial charge in [0, 0.05) is 42.6 Å². The smallest absolute Gasteiger partial charge is 0.194 e. The van der Waals surface area contributed by atoms with Crippen molar-refractivity contribution in [1.29, 1.82) is 0 Å². The predicted octanol–water partition coefficient (Wildman–Crippen LogP) is 2.60. The Morgan fingerprint density at radius 1 is 1.44 bits per heavy atom. The van der Waals surface area contributed by atoms with Gasteiger partial charge in [-0.1, -0.05) is 19.9 Å². The van der Waals surface area contributed by atoms with Crippen molar-refractivity contribution in [2.24, 2.45) is 10.4 Å². The summed E-state index contributed by atoms with van der Waals surface area (Å²) in [6.45, 7) is 15.0. The van der Waals surface area contributed by atoms with Crippen molar-refractivity contribution in [2.45, 2.75) is 33.2 Å². The molecule has 0 radical (unpaired) electrons. The summed E-state index contributed by atoms with van der Waals surface area (Å²) in [5.74, 6) is 3.13. The van der Waals surface area contributed by atoms with Crippen molar-refractivity contribution in [3.63, 3.8) is 0 Å². The molecule has 0 aliphatic carbocycles. The van der Waals surface area contributed by atoms with Crippen LogP contribution < -0.4 is 5.32 Å². The summed E-state index contributed by atoms with van der Waals surface area (Å²) in [4.78, 5) is 6.76. The Kier molecular flexibility index (Phi) is 5.14. The summed E-state index contributed by atoms with van der Waals surface area (Å²) < 4.78 is 0. The van der Waals surface area contributed by atoms with E-state index in [2.05, 4.69) is 49.5 Å². The second-order valence-corrected chi connectivity index (χ2v) is 7.02. The molecule has 0 spiro atoms. The summed E-state index contributed by atoms with van der Waals surface area (Å²) in [5.41, 5.74) is 0.519. The van der Waals surface area contributed by atoms with E-state index in [9.17, 15) is 0 Å². The molecule has 0 aromatic carbocycles. The molecule has 1 heterocycles. The molecule has 0 aromatic rings. The second-order valence-electron chi connectivity index (χ2n) is 5.87. The lowest BCUT2D eigenvalue weighted by Crippen LogP contribution is -2.72. The van der Waals surface area contributed by atoms with Crippen molar-refractivity contribution < 1.29 is 0 Å². The van der Waals surface area contributed by atoms with E-state index in [1.165, 1.54) is 0 Å². The standard InChI is InChI=1S/C14H27N3S/c1-7-9-18-10-8-16-12(15-6)17-11-13(2,3)14(17,4)5/h7H,1,8-11H2,2-6H3,(H,15,16). The predicted molar refractivity (Wildman–Crippen MR) is 83.4 cm³/mol. The highest BCUT2D eigenvalue weighted by atomic mass is 32.2. The van der Waals surface area contributed by atoms with E-state index in [-0.39, 0.29) is 5.54 Å². The Morgan fingerprint density at radius 3 is 2.56 bits per heavy atom. The third kappa shape index (κ3) is 3.02. The van der Waals surface area contributed by atoms with E-state index < -0.39 is 0 Å². The quantitative estimate of drug-likeness (QED) is 0.360. The summed E-state index contributed by atoms with van der Waals surface area (Å²) in [5, 5.41) is 3.44. The van der Waals surface area contributed by atoms with Crippen LogP contribution in [0.15, 0.2) is 17.6 Å².